The van der Waals surface area contributed by atoms with E-state index in [1.54, 1.807) is 35.2 Å². The molecule has 5 aromatic rings. The van der Waals surface area contributed by atoms with Crippen LogP contribution in [-0.2, 0) is 48.0 Å². The molecule has 3 aromatic heterocycles. The number of rotatable bonds is 8. The predicted molar refractivity (Wildman–Crippen MR) is 262 cm³/mol. The van der Waals surface area contributed by atoms with Crippen molar-refractivity contribution in [2.75, 3.05) is 33.4 Å². The Hall–Kier alpha value is -6.66. The highest BCUT2D eigenvalue weighted by molar-refractivity contribution is 5.97. The molecule has 5 aliphatic rings. The Balaban J connectivity index is 1.04. The number of methoxy groups -OCH3 is 1. The zero-order valence-corrected chi connectivity index (χ0v) is 41.2. The highest BCUT2D eigenvalue weighted by atomic mass is 16.5. The van der Waals surface area contributed by atoms with Crippen molar-refractivity contribution in [3.05, 3.63) is 83.9 Å². The number of phenols is 1. The average molecular weight is 969 g/mol. The number of hydrazine groups is 1. The molecule has 1 saturated carbocycles. The Morgan fingerprint density at radius 1 is 0.958 bits per heavy atom. The van der Waals surface area contributed by atoms with Crippen molar-refractivity contribution in [3.8, 4) is 28.1 Å². The van der Waals surface area contributed by atoms with Gasteiger partial charge in [0.25, 0.3) is 5.91 Å². The van der Waals surface area contributed by atoms with Gasteiger partial charge >= 0.3 is 12.0 Å². The number of hydrogen-bond donors (Lipinski definition) is 3. The number of cyclic esters (lactones) is 1. The lowest BCUT2D eigenvalue weighted by Gasteiger charge is -2.55. The van der Waals surface area contributed by atoms with Gasteiger partial charge in [0.15, 0.2) is 0 Å². The Kier molecular flexibility index (Phi) is 13.2. The van der Waals surface area contributed by atoms with E-state index in [9.17, 15) is 24.3 Å². The molecule has 2 unspecified atom stereocenters. The van der Waals surface area contributed by atoms with Crippen LogP contribution in [0.4, 0.5) is 4.79 Å². The number of benzene rings is 2. The van der Waals surface area contributed by atoms with E-state index in [2.05, 4.69) is 64.5 Å². The van der Waals surface area contributed by atoms with E-state index in [4.69, 9.17) is 14.5 Å². The van der Waals surface area contributed by atoms with Crippen LogP contribution in [0, 0.1) is 17.3 Å². The molecule has 18 nitrogen and oxygen atoms in total. The van der Waals surface area contributed by atoms with Crippen molar-refractivity contribution < 1.29 is 38.6 Å². The molecular weight excluding hydrogens is 905 g/mol. The number of β-lactam (4-membered cyclic amide) rings is 1. The maximum Gasteiger partial charge on any atom is 0.362 e. The molecule has 4 amide bonds. The first-order valence-corrected chi connectivity index (χ1v) is 25.2. The van der Waals surface area contributed by atoms with Gasteiger partial charge in [-0.2, -0.15) is 10.2 Å². The molecule has 10 rings (SSSR count). The smallest absolute Gasteiger partial charge is 0.362 e. The van der Waals surface area contributed by atoms with Crippen LogP contribution in [0.3, 0.4) is 0 Å². The van der Waals surface area contributed by atoms with Crippen LogP contribution < -0.4 is 10.7 Å². The van der Waals surface area contributed by atoms with Crippen molar-refractivity contribution in [1.82, 2.24) is 50.1 Å². The number of ether oxygens (including phenoxy) is 2. The van der Waals surface area contributed by atoms with Gasteiger partial charge in [-0.15, -0.1) is 0 Å². The lowest BCUT2D eigenvalue weighted by atomic mass is 9.77. The van der Waals surface area contributed by atoms with Crippen LogP contribution in [0.5, 0.6) is 5.75 Å². The number of aromatic nitrogens is 5. The molecule has 7 heterocycles. The van der Waals surface area contributed by atoms with Crippen LogP contribution >= 0.6 is 0 Å². The Morgan fingerprint density at radius 3 is 2.51 bits per heavy atom. The Labute approximate surface area is 413 Å². The second-order valence-electron chi connectivity index (χ2n) is 20.8. The molecule has 6 atom stereocenters. The number of phenolic OH excluding ortho intramolecular Hbond substituents is 1. The minimum Gasteiger partial charge on any atom is -0.508 e. The molecular formula is C53H64N10O8. The van der Waals surface area contributed by atoms with E-state index >= 15 is 4.79 Å². The Morgan fingerprint density at radius 2 is 1.75 bits per heavy atom. The number of fused-ring (bicyclic) bond motifs is 7. The highest BCUT2D eigenvalue weighted by Crippen LogP contribution is 2.44. The first kappa shape index (κ1) is 48.0. The molecule has 3 N–H and O–H groups in total. The van der Waals surface area contributed by atoms with E-state index in [0.29, 0.717) is 44.3 Å². The highest BCUT2D eigenvalue weighted by Gasteiger charge is 2.56. The van der Waals surface area contributed by atoms with Crippen LogP contribution in [0.25, 0.3) is 33.3 Å². The molecule has 0 spiro atoms. The SMILES string of the molecule is CCn1c(-c2cccnc2[C@H](C)OC)c2c3cc(ccc31)-c1cc(O)cc(c1)C[C@H](NC(=O)[C@H](C1CCCC1)N1C(=O)C3CCN(C(=O)n4nccn4)CC31)C(=O)N1CCC[C@H](N1)C(=O)OCC(C)(C)C2. The van der Waals surface area contributed by atoms with Gasteiger partial charge < -0.3 is 34.3 Å². The third-order valence-electron chi connectivity index (χ3n) is 15.5. The van der Waals surface area contributed by atoms with E-state index in [1.807, 2.05) is 25.1 Å². The zero-order valence-electron chi connectivity index (χ0n) is 41.2. The molecule has 18 heteroatoms. The Bertz CT molecular complexity index is 2860. The predicted octanol–water partition coefficient (Wildman–Crippen LogP) is 5.80. The quantitative estimate of drug-likeness (QED) is 0.125. The number of pyridine rings is 1. The van der Waals surface area contributed by atoms with E-state index in [-0.39, 0.29) is 55.7 Å². The van der Waals surface area contributed by atoms with Crippen molar-refractivity contribution in [1.29, 1.82) is 0 Å². The van der Waals surface area contributed by atoms with Crippen molar-refractivity contribution in [3.63, 3.8) is 0 Å². The van der Waals surface area contributed by atoms with Gasteiger partial charge in [0.1, 0.15) is 23.9 Å². The number of amides is 4. The second kappa shape index (κ2) is 19.5. The number of aryl methyl sites for hydroxylation is 1. The normalized spacial score (nSPS) is 23.7. The standard InChI is InChI=1S/C53H64N10O8/c1-6-60-43-16-15-34-27-39(43)40(47(60)38-13-9-18-54-45(38)31(2)70-5)28-53(3,4)30-71-51(68)41-14-10-21-61(58-41)50(67)42(25-32-23-35(34)26-36(64)24-32)57-48(65)46(33-11-7-8-12-33)62-44-29-59(22-17-37(44)49(62)66)52(69)63-55-19-20-56-63/h9,13,15-16,18-20,23-24,26-27,31,33,37,41-42,44,46,58,64H,6-8,10-12,14,17,21-22,25,28-30H2,1-5H3,(H,57,65)/t31-,37?,41-,42-,44?,46-/m0/s1. The van der Waals surface area contributed by atoms with Gasteiger partial charge in [0, 0.05) is 67.8 Å². The van der Waals surface area contributed by atoms with Gasteiger partial charge in [-0.3, -0.25) is 29.2 Å². The van der Waals surface area contributed by atoms with Gasteiger partial charge in [-0.25, -0.2) is 10.2 Å². The van der Waals surface area contributed by atoms with E-state index in [0.717, 1.165) is 75.0 Å². The van der Waals surface area contributed by atoms with Crippen LogP contribution in [0.2, 0.25) is 0 Å². The first-order valence-electron chi connectivity index (χ1n) is 25.2. The number of likely N-dealkylation sites (tertiary alicyclic amines) is 2. The van der Waals surface area contributed by atoms with Crippen molar-refractivity contribution >= 4 is 40.6 Å². The minimum atomic E-state index is -1.16. The molecule has 4 fully saturated rings. The van der Waals surface area contributed by atoms with Gasteiger partial charge in [0.2, 0.25) is 11.8 Å². The first-order chi connectivity index (χ1) is 34.2. The number of aromatic hydroxyl groups is 1. The summed E-state index contributed by atoms with van der Waals surface area (Å²) in [5.74, 6) is -2.03. The average Bonchev–Trinajstić information content (AvgIpc) is 4.18. The summed E-state index contributed by atoms with van der Waals surface area (Å²) in [4.78, 5) is 80.7. The fourth-order valence-corrected chi connectivity index (χ4v) is 11.9. The van der Waals surface area contributed by atoms with Crippen LogP contribution in [0.1, 0.15) is 95.6 Å². The van der Waals surface area contributed by atoms with Crippen LogP contribution in [0.15, 0.2) is 67.1 Å². The van der Waals surface area contributed by atoms with Crippen molar-refractivity contribution in [2.45, 2.75) is 122 Å². The number of carbonyl (C=O) groups is 5. The third-order valence-corrected chi connectivity index (χ3v) is 15.5. The zero-order chi connectivity index (χ0) is 49.7. The molecule has 3 saturated heterocycles. The van der Waals surface area contributed by atoms with Gasteiger partial charge in [0.05, 0.1) is 48.5 Å². The number of esters is 1. The molecule has 374 valence electrons. The summed E-state index contributed by atoms with van der Waals surface area (Å²) < 4.78 is 14.3. The van der Waals surface area contributed by atoms with Crippen molar-refractivity contribution in [2.24, 2.45) is 17.3 Å². The summed E-state index contributed by atoms with van der Waals surface area (Å²) in [6.07, 6.45) is 9.55. The molecule has 0 radical (unpaired) electrons. The lowest BCUT2D eigenvalue weighted by molar-refractivity contribution is -0.172. The monoisotopic (exact) mass is 968 g/mol. The largest absolute Gasteiger partial charge is 0.508 e. The van der Waals surface area contributed by atoms with Crippen LogP contribution in [-0.4, -0.2) is 132 Å². The number of piperidine rings is 1. The lowest BCUT2D eigenvalue weighted by Crippen LogP contribution is -2.74. The summed E-state index contributed by atoms with van der Waals surface area (Å²) in [6, 6.07) is 11.9. The molecule has 2 aromatic carbocycles. The number of carbonyl (C=O) groups excluding carboxylic acids is 5. The minimum absolute atomic E-state index is 0.00465. The van der Waals surface area contributed by atoms with Gasteiger partial charge in [-0.1, -0.05) is 43.6 Å². The summed E-state index contributed by atoms with van der Waals surface area (Å²) in [7, 11) is 1.67. The number of nitrogens with zero attached hydrogens (tertiary/aromatic N) is 8. The molecule has 1 aliphatic carbocycles. The summed E-state index contributed by atoms with van der Waals surface area (Å²) in [6.45, 7) is 9.89. The van der Waals surface area contributed by atoms with Gasteiger partial charge in [-0.05, 0) is 117 Å². The molecule has 4 aliphatic heterocycles. The number of hydrogen-bond acceptors (Lipinski definition) is 12. The fourth-order valence-electron chi connectivity index (χ4n) is 11.9. The maximum atomic E-state index is 15.1. The topological polar surface area (TPSA) is 206 Å². The summed E-state index contributed by atoms with van der Waals surface area (Å²) in [5, 5.41) is 25.0. The molecule has 6 bridgehead atoms. The van der Waals surface area contributed by atoms with E-state index < -0.39 is 53.4 Å². The second-order valence-corrected chi connectivity index (χ2v) is 20.8. The number of nitrogens with one attached hydrogen (secondary N) is 2. The maximum absolute atomic E-state index is 15.1. The summed E-state index contributed by atoms with van der Waals surface area (Å²) >= 11 is 0. The fraction of sp³-hybridized carbons (Fsp3) is 0.509. The molecule has 71 heavy (non-hydrogen) atoms. The third kappa shape index (κ3) is 9.16. The summed E-state index contributed by atoms with van der Waals surface area (Å²) in [5.41, 5.74) is 9.59. The van der Waals surface area contributed by atoms with E-state index in [1.165, 1.54) is 17.4 Å².